The van der Waals surface area contributed by atoms with E-state index in [0.29, 0.717) is 10.9 Å². The van der Waals surface area contributed by atoms with Gasteiger partial charge in [0.05, 0.1) is 11.2 Å². The van der Waals surface area contributed by atoms with E-state index >= 15 is 0 Å². The van der Waals surface area contributed by atoms with Crippen molar-refractivity contribution >= 4 is 16.6 Å². The monoisotopic (exact) mass is 293 g/mol. The zero-order chi connectivity index (χ0) is 15.7. The highest BCUT2D eigenvalue weighted by Gasteiger charge is 2.18. The molecule has 0 saturated carbocycles. The highest BCUT2D eigenvalue weighted by Crippen LogP contribution is 2.28. The molecular formula is C17H15N3O2. The molecule has 0 spiro atoms. The summed E-state index contributed by atoms with van der Waals surface area (Å²) in [7, 11) is 0. The molecular weight excluding hydrogens is 278 g/mol. The number of nitrogens with zero attached hydrogens (tertiary/aromatic N) is 2. The van der Waals surface area contributed by atoms with Crippen LogP contribution in [0.5, 0.6) is 5.75 Å². The van der Waals surface area contributed by atoms with E-state index in [9.17, 15) is 9.90 Å². The zero-order valence-corrected chi connectivity index (χ0v) is 12.0. The molecule has 5 heteroatoms. The molecule has 3 aromatic rings. The van der Waals surface area contributed by atoms with Crippen LogP contribution < -0.4 is 11.4 Å². The Kier molecular flexibility index (Phi) is 3.39. The standard InChI is InChI=1S/C17H15N3O2/c1-11(19-18)15-16(21)13-9-5-6-10-14(13)20(17(15)22)12-7-3-2-4-8-12/h2-10,21H,18H2,1H3/b19-11-. The summed E-state index contributed by atoms with van der Waals surface area (Å²) in [5.74, 6) is 5.21. The number of aromatic hydroxyl groups is 1. The van der Waals surface area contributed by atoms with Crippen LogP contribution >= 0.6 is 0 Å². The van der Waals surface area contributed by atoms with E-state index in [-0.39, 0.29) is 22.6 Å². The minimum atomic E-state index is -0.353. The van der Waals surface area contributed by atoms with E-state index in [1.165, 1.54) is 0 Å². The molecule has 1 aromatic heterocycles. The highest BCUT2D eigenvalue weighted by atomic mass is 16.3. The minimum absolute atomic E-state index is 0.0977. The highest BCUT2D eigenvalue weighted by molar-refractivity contribution is 6.05. The Hall–Kier alpha value is -3.08. The van der Waals surface area contributed by atoms with Gasteiger partial charge in [0, 0.05) is 11.1 Å². The quantitative estimate of drug-likeness (QED) is 0.432. The molecule has 0 amide bonds. The molecule has 2 aromatic carbocycles. The first-order chi connectivity index (χ1) is 10.6. The Balaban J connectivity index is 2.54. The zero-order valence-electron chi connectivity index (χ0n) is 12.0. The molecule has 0 saturated heterocycles. The van der Waals surface area contributed by atoms with Gasteiger partial charge in [0.25, 0.3) is 5.56 Å². The average Bonchev–Trinajstić information content (AvgIpc) is 2.56. The van der Waals surface area contributed by atoms with Crippen molar-refractivity contribution in [1.29, 1.82) is 0 Å². The second-order valence-corrected chi connectivity index (χ2v) is 4.93. The van der Waals surface area contributed by atoms with Gasteiger partial charge in [-0.1, -0.05) is 30.3 Å². The molecule has 110 valence electrons. The van der Waals surface area contributed by atoms with Crippen molar-refractivity contribution in [1.82, 2.24) is 4.57 Å². The van der Waals surface area contributed by atoms with Crippen LogP contribution in [0.4, 0.5) is 0 Å². The van der Waals surface area contributed by atoms with Crippen LogP contribution in [-0.2, 0) is 0 Å². The lowest BCUT2D eigenvalue weighted by Crippen LogP contribution is -2.25. The second kappa shape index (κ2) is 5.37. The Bertz CT molecular complexity index is 928. The number of hydrogen-bond acceptors (Lipinski definition) is 4. The summed E-state index contributed by atoms with van der Waals surface area (Å²) < 4.78 is 1.55. The first-order valence-corrected chi connectivity index (χ1v) is 6.82. The Labute approximate surface area is 126 Å². The molecule has 3 rings (SSSR count). The third-order valence-corrected chi connectivity index (χ3v) is 3.62. The van der Waals surface area contributed by atoms with Gasteiger partial charge in [-0.05, 0) is 31.2 Å². The topological polar surface area (TPSA) is 80.6 Å². The summed E-state index contributed by atoms with van der Waals surface area (Å²) in [6, 6.07) is 16.4. The molecule has 3 N–H and O–H groups in total. The van der Waals surface area contributed by atoms with Crippen LogP contribution in [0, 0.1) is 0 Å². The maximum atomic E-state index is 12.9. The molecule has 1 heterocycles. The van der Waals surface area contributed by atoms with Crippen LogP contribution in [0.1, 0.15) is 12.5 Å². The van der Waals surface area contributed by atoms with E-state index in [0.717, 1.165) is 5.69 Å². The summed E-state index contributed by atoms with van der Waals surface area (Å²) >= 11 is 0. The maximum absolute atomic E-state index is 12.9. The van der Waals surface area contributed by atoms with Gasteiger partial charge in [0.15, 0.2) is 0 Å². The molecule has 0 unspecified atom stereocenters. The average molecular weight is 293 g/mol. The van der Waals surface area contributed by atoms with Gasteiger partial charge in [-0.25, -0.2) is 0 Å². The molecule has 0 aliphatic rings. The van der Waals surface area contributed by atoms with Crippen molar-refractivity contribution in [3.63, 3.8) is 0 Å². The molecule has 0 radical (unpaired) electrons. The fourth-order valence-electron chi connectivity index (χ4n) is 2.55. The SMILES string of the molecule is C/C(=N/N)c1c(O)c2ccccc2n(-c2ccccc2)c1=O. The predicted molar refractivity (Wildman–Crippen MR) is 87.6 cm³/mol. The Morgan fingerprint density at radius 3 is 2.41 bits per heavy atom. The summed E-state index contributed by atoms with van der Waals surface area (Å²) in [6.45, 7) is 1.60. The smallest absolute Gasteiger partial charge is 0.268 e. The van der Waals surface area contributed by atoms with Gasteiger partial charge in [-0.2, -0.15) is 5.10 Å². The molecule has 0 bridgehead atoms. The summed E-state index contributed by atoms with van der Waals surface area (Å²) in [5.41, 5.74) is 1.40. The van der Waals surface area contributed by atoms with Crippen molar-refractivity contribution in [2.24, 2.45) is 10.9 Å². The lowest BCUT2D eigenvalue weighted by atomic mass is 10.1. The van der Waals surface area contributed by atoms with Crippen molar-refractivity contribution in [2.45, 2.75) is 6.92 Å². The van der Waals surface area contributed by atoms with Crippen LogP contribution in [0.2, 0.25) is 0 Å². The van der Waals surface area contributed by atoms with E-state index in [4.69, 9.17) is 5.84 Å². The van der Waals surface area contributed by atoms with Gasteiger partial charge in [0.2, 0.25) is 0 Å². The lowest BCUT2D eigenvalue weighted by Gasteiger charge is -2.14. The van der Waals surface area contributed by atoms with Gasteiger partial charge < -0.3 is 10.9 Å². The largest absolute Gasteiger partial charge is 0.506 e. The molecule has 0 atom stereocenters. The predicted octanol–water partition coefficient (Wildman–Crippen LogP) is 2.38. The fraction of sp³-hybridized carbons (Fsp3) is 0.0588. The van der Waals surface area contributed by atoms with Crippen LogP contribution in [-0.4, -0.2) is 15.4 Å². The maximum Gasteiger partial charge on any atom is 0.268 e. The first-order valence-electron chi connectivity index (χ1n) is 6.82. The number of aromatic nitrogens is 1. The van der Waals surface area contributed by atoms with Gasteiger partial charge in [-0.3, -0.25) is 9.36 Å². The molecule has 0 aliphatic heterocycles. The number of para-hydroxylation sites is 2. The van der Waals surface area contributed by atoms with E-state index < -0.39 is 0 Å². The summed E-state index contributed by atoms with van der Waals surface area (Å²) in [5, 5.41) is 14.6. The summed E-state index contributed by atoms with van der Waals surface area (Å²) in [4.78, 5) is 12.9. The lowest BCUT2D eigenvalue weighted by molar-refractivity contribution is 0.478. The first kappa shape index (κ1) is 13.9. The molecule has 22 heavy (non-hydrogen) atoms. The van der Waals surface area contributed by atoms with Crippen LogP contribution in [0.3, 0.4) is 0 Å². The van der Waals surface area contributed by atoms with E-state index in [1.807, 2.05) is 36.4 Å². The van der Waals surface area contributed by atoms with E-state index in [1.54, 1.807) is 29.7 Å². The third-order valence-electron chi connectivity index (χ3n) is 3.62. The minimum Gasteiger partial charge on any atom is -0.506 e. The Morgan fingerprint density at radius 2 is 1.73 bits per heavy atom. The second-order valence-electron chi connectivity index (χ2n) is 4.93. The number of rotatable bonds is 2. The fourth-order valence-corrected chi connectivity index (χ4v) is 2.55. The number of fused-ring (bicyclic) bond motifs is 1. The van der Waals surface area contributed by atoms with Crippen molar-refractivity contribution < 1.29 is 5.11 Å². The van der Waals surface area contributed by atoms with Crippen molar-refractivity contribution in [2.75, 3.05) is 0 Å². The van der Waals surface area contributed by atoms with Gasteiger partial charge >= 0.3 is 0 Å². The van der Waals surface area contributed by atoms with E-state index in [2.05, 4.69) is 5.10 Å². The normalized spacial score (nSPS) is 11.8. The number of nitrogens with two attached hydrogens (primary N) is 1. The Morgan fingerprint density at radius 1 is 1.09 bits per heavy atom. The van der Waals surface area contributed by atoms with Gasteiger partial charge in [0.1, 0.15) is 11.3 Å². The molecule has 0 aliphatic carbocycles. The van der Waals surface area contributed by atoms with Crippen LogP contribution in [0.25, 0.3) is 16.6 Å². The molecule has 0 fully saturated rings. The number of hydrogen-bond donors (Lipinski definition) is 2. The van der Waals surface area contributed by atoms with Crippen molar-refractivity contribution in [3.8, 4) is 11.4 Å². The van der Waals surface area contributed by atoms with Crippen LogP contribution in [0.15, 0.2) is 64.5 Å². The number of benzene rings is 2. The number of hydrazone groups is 1. The van der Waals surface area contributed by atoms with Crippen molar-refractivity contribution in [3.05, 3.63) is 70.5 Å². The molecule has 5 nitrogen and oxygen atoms in total. The summed E-state index contributed by atoms with van der Waals surface area (Å²) in [6.07, 6.45) is 0. The third kappa shape index (κ3) is 2.03. The number of pyridine rings is 1. The van der Waals surface area contributed by atoms with Gasteiger partial charge in [-0.15, -0.1) is 0 Å².